The van der Waals surface area contributed by atoms with Gasteiger partial charge in [-0.25, -0.2) is 0 Å². The van der Waals surface area contributed by atoms with E-state index in [0.717, 1.165) is 24.5 Å². The summed E-state index contributed by atoms with van der Waals surface area (Å²) in [5.41, 5.74) is 2.31. The van der Waals surface area contributed by atoms with Crippen molar-refractivity contribution in [3.8, 4) is 0 Å². The normalized spacial score (nSPS) is 11.1. The van der Waals surface area contributed by atoms with Gasteiger partial charge in [0.1, 0.15) is 5.69 Å². The van der Waals surface area contributed by atoms with Gasteiger partial charge in [-0.3, -0.25) is 0 Å². The molecule has 3 nitrogen and oxygen atoms in total. The van der Waals surface area contributed by atoms with Crippen molar-refractivity contribution in [2.75, 3.05) is 29.7 Å². The van der Waals surface area contributed by atoms with E-state index in [1.54, 1.807) is 18.2 Å². The van der Waals surface area contributed by atoms with Crippen molar-refractivity contribution in [2.24, 2.45) is 10.2 Å². The van der Waals surface area contributed by atoms with E-state index in [1.165, 1.54) is 0 Å². The van der Waals surface area contributed by atoms with E-state index in [9.17, 15) is 0 Å². The lowest BCUT2D eigenvalue weighted by Crippen LogP contribution is -2.27. The first-order valence-electron chi connectivity index (χ1n) is 6.98. The van der Waals surface area contributed by atoms with Gasteiger partial charge in [0.05, 0.1) is 15.7 Å². The number of nitrogens with zero attached hydrogens (tertiary/aromatic N) is 3. The minimum Gasteiger partial charge on any atom is -0.369 e. The van der Waals surface area contributed by atoms with Crippen LogP contribution in [0.15, 0.2) is 52.7 Å². The lowest BCUT2D eigenvalue weighted by atomic mass is 10.2. The topological polar surface area (TPSA) is 28.0 Å². The second kappa shape index (κ2) is 9.33. The van der Waals surface area contributed by atoms with Crippen LogP contribution in [0.2, 0.25) is 10.0 Å². The van der Waals surface area contributed by atoms with Crippen molar-refractivity contribution in [3.05, 3.63) is 52.5 Å². The molecule has 0 saturated heterocycles. The Morgan fingerprint density at radius 3 is 2.09 bits per heavy atom. The molecule has 2 aromatic carbocycles. The highest BCUT2D eigenvalue weighted by atomic mass is 35.5. The molecular weight excluding hydrogens is 376 g/mol. The predicted octanol–water partition coefficient (Wildman–Crippen LogP) is 6.69. The van der Waals surface area contributed by atoms with E-state index in [4.69, 9.17) is 46.4 Å². The summed E-state index contributed by atoms with van der Waals surface area (Å²) in [7, 11) is 0. The molecule has 0 radical (unpaired) electrons. The summed E-state index contributed by atoms with van der Waals surface area (Å²) in [5, 5.41) is 9.17. The van der Waals surface area contributed by atoms with Crippen LogP contribution in [0.4, 0.5) is 17.1 Å². The molecule has 0 saturated carbocycles. The number of halogens is 4. The average Bonchev–Trinajstić information content (AvgIpc) is 2.56. The Morgan fingerprint density at radius 1 is 0.826 bits per heavy atom. The van der Waals surface area contributed by atoms with Gasteiger partial charge in [0.2, 0.25) is 0 Å². The summed E-state index contributed by atoms with van der Waals surface area (Å²) >= 11 is 23.7. The number of anilines is 1. The minimum absolute atomic E-state index is 0.393. The van der Waals surface area contributed by atoms with Crippen molar-refractivity contribution < 1.29 is 0 Å². The predicted molar refractivity (Wildman–Crippen MR) is 101 cm³/mol. The van der Waals surface area contributed by atoms with Gasteiger partial charge in [-0.15, -0.1) is 28.3 Å². The highest BCUT2D eigenvalue weighted by Crippen LogP contribution is 2.33. The summed E-state index contributed by atoms with van der Waals surface area (Å²) in [4.78, 5) is 2.12. The molecule has 23 heavy (non-hydrogen) atoms. The zero-order valence-corrected chi connectivity index (χ0v) is 15.2. The summed E-state index contributed by atoms with van der Waals surface area (Å²) in [6.07, 6.45) is 0. The molecule has 0 unspecified atom stereocenters. The number of azo groups is 1. The van der Waals surface area contributed by atoms with Gasteiger partial charge >= 0.3 is 0 Å². The van der Waals surface area contributed by atoms with Crippen molar-refractivity contribution in [3.63, 3.8) is 0 Å². The van der Waals surface area contributed by atoms with Gasteiger partial charge in [0, 0.05) is 30.5 Å². The summed E-state index contributed by atoms with van der Waals surface area (Å²) in [6.45, 7) is 1.49. The van der Waals surface area contributed by atoms with Crippen LogP contribution < -0.4 is 4.90 Å². The molecule has 7 heteroatoms. The number of benzene rings is 2. The molecule has 0 bridgehead atoms. The Kier molecular flexibility index (Phi) is 7.44. The van der Waals surface area contributed by atoms with Crippen LogP contribution in [0.25, 0.3) is 0 Å². The third kappa shape index (κ3) is 5.25. The lowest BCUT2D eigenvalue weighted by Gasteiger charge is -2.22. The summed E-state index contributed by atoms with van der Waals surface area (Å²) < 4.78 is 0. The Labute approximate surface area is 155 Å². The monoisotopic (exact) mass is 389 g/mol. The Hall–Kier alpha value is -1.000. The van der Waals surface area contributed by atoms with Crippen LogP contribution in [-0.4, -0.2) is 24.8 Å². The van der Waals surface area contributed by atoms with Crippen LogP contribution in [-0.2, 0) is 0 Å². The Morgan fingerprint density at radius 2 is 1.48 bits per heavy atom. The van der Waals surface area contributed by atoms with E-state index in [2.05, 4.69) is 15.1 Å². The minimum atomic E-state index is 0.393. The molecule has 0 amide bonds. The van der Waals surface area contributed by atoms with E-state index in [1.807, 2.05) is 24.3 Å². The maximum atomic E-state index is 6.08. The highest BCUT2D eigenvalue weighted by Gasteiger charge is 2.06. The van der Waals surface area contributed by atoms with Crippen molar-refractivity contribution >= 4 is 63.5 Å². The van der Waals surface area contributed by atoms with E-state index >= 15 is 0 Å². The van der Waals surface area contributed by atoms with Crippen LogP contribution >= 0.6 is 46.4 Å². The lowest BCUT2D eigenvalue weighted by molar-refractivity contribution is 0.874. The molecular formula is C16H15Cl4N3. The van der Waals surface area contributed by atoms with E-state index in [-0.39, 0.29) is 0 Å². The fourth-order valence-electron chi connectivity index (χ4n) is 1.99. The molecule has 2 aromatic rings. The van der Waals surface area contributed by atoms with Crippen molar-refractivity contribution in [1.29, 1.82) is 0 Å². The van der Waals surface area contributed by atoms with Crippen LogP contribution in [0, 0.1) is 0 Å². The van der Waals surface area contributed by atoms with Gasteiger partial charge in [0.25, 0.3) is 0 Å². The first kappa shape index (κ1) is 18.3. The standard InChI is InChI=1S/C16H15Cl4N3/c17-8-10-23(11-9-18)13-6-4-12(5-7-13)21-22-15-3-1-2-14(19)16(15)20/h1-7H,8-11H2. The molecule has 0 fully saturated rings. The van der Waals surface area contributed by atoms with Gasteiger partial charge in [0.15, 0.2) is 0 Å². The van der Waals surface area contributed by atoms with Gasteiger partial charge in [-0.05, 0) is 36.4 Å². The molecule has 0 aliphatic carbocycles. The third-order valence-corrected chi connectivity index (χ3v) is 4.28. The zero-order valence-electron chi connectivity index (χ0n) is 12.2. The molecule has 0 heterocycles. The van der Waals surface area contributed by atoms with Crippen LogP contribution in [0.3, 0.4) is 0 Å². The van der Waals surface area contributed by atoms with E-state index < -0.39 is 0 Å². The Balaban J connectivity index is 2.13. The molecule has 0 N–H and O–H groups in total. The van der Waals surface area contributed by atoms with Crippen molar-refractivity contribution in [2.45, 2.75) is 0 Å². The van der Waals surface area contributed by atoms with E-state index in [0.29, 0.717) is 27.5 Å². The molecule has 0 aliphatic heterocycles. The second-order valence-electron chi connectivity index (χ2n) is 4.65. The van der Waals surface area contributed by atoms with Crippen LogP contribution in [0.1, 0.15) is 0 Å². The number of rotatable bonds is 7. The van der Waals surface area contributed by atoms with Gasteiger partial charge < -0.3 is 4.90 Å². The smallest absolute Gasteiger partial charge is 0.106 e. The largest absolute Gasteiger partial charge is 0.369 e. The average molecular weight is 391 g/mol. The fraction of sp³-hybridized carbons (Fsp3) is 0.250. The quantitative estimate of drug-likeness (QED) is 0.382. The summed E-state index contributed by atoms with van der Waals surface area (Å²) in [5.74, 6) is 1.09. The Bertz CT molecular complexity index is 653. The molecule has 2 rings (SSSR count). The fourth-order valence-corrected chi connectivity index (χ4v) is 2.73. The second-order valence-corrected chi connectivity index (χ2v) is 6.20. The molecule has 0 spiro atoms. The first-order chi connectivity index (χ1) is 11.2. The summed E-state index contributed by atoms with van der Waals surface area (Å²) in [6, 6.07) is 12.9. The highest BCUT2D eigenvalue weighted by molar-refractivity contribution is 6.43. The zero-order chi connectivity index (χ0) is 16.7. The molecule has 0 aliphatic rings. The van der Waals surface area contributed by atoms with Crippen LogP contribution in [0.5, 0.6) is 0 Å². The third-order valence-electron chi connectivity index (χ3n) is 3.13. The number of hydrogen-bond donors (Lipinski definition) is 0. The maximum absolute atomic E-state index is 6.08. The number of alkyl halides is 2. The molecule has 0 atom stereocenters. The number of hydrogen-bond acceptors (Lipinski definition) is 3. The SMILES string of the molecule is ClCCN(CCCl)c1ccc(N=Nc2cccc(Cl)c2Cl)cc1. The van der Waals surface area contributed by atoms with Gasteiger partial charge in [-0.1, -0.05) is 29.3 Å². The maximum Gasteiger partial charge on any atom is 0.106 e. The van der Waals surface area contributed by atoms with Crippen molar-refractivity contribution in [1.82, 2.24) is 0 Å². The van der Waals surface area contributed by atoms with Gasteiger partial charge in [-0.2, -0.15) is 5.11 Å². The first-order valence-corrected chi connectivity index (χ1v) is 8.81. The molecule has 0 aromatic heterocycles. The molecule has 122 valence electrons.